The summed E-state index contributed by atoms with van der Waals surface area (Å²) in [5, 5.41) is 1.57. The molecule has 0 fully saturated rings. The number of anilines is 1. The third-order valence-corrected chi connectivity index (χ3v) is 4.78. The van der Waals surface area contributed by atoms with Gasteiger partial charge in [0.25, 0.3) is 0 Å². The van der Waals surface area contributed by atoms with Gasteiger partial charge in [0.05, 0.1) is 5.69 Å². The zero-order chi connectivity index (χ0) is 14.5. The summed E-state index contributed by atoms with van der Waals surface area (Å²) in [5.74, 6) is 0. The van der Waals surface area contributed by atoms with Gasteiger partial charge < -0.3 is 5.73 Å². The summed E-state index contributed by atoms with van der Waals surface area (Å²) < 4.78 is 0. The Morgan fingerprint density at radius 1 is 0.667 bits per heavy atom. The number of nitrogen functional groups attached to an aromatic ring is 1. The predicted octanol–water partition coefficient (Wildman–Crippen LogP) is 4.36. The van der Waals surface area contributed by atoms with E-state index in [1.807, 2.05) is 60.7 Å². The maximum Gasteiger partial charge on any atom is 0.128 e. The highest BCUT2D eigenvalue weighted by atomic mass is 32.2. The van der Waals surface area contributed by atoms with Crippen molar-refractivity contribution in [2.45, 2.75) is 19.8 Å². The zero-order valence-corrected chi connectivity index (χ0v) is 12.8. The highest BCUT2D eigenvalue weighted by molar-refractivity contribution is 8.00. The van der Waals surface area contributed by atoms with Gasteiger partial charge in [-0.15, -0.1) is 0 Å². The lowest BCUT2D eigenvalue weighted by Gasteiger charge is -2.08. The van der Waals surface area contributed by atoms with Crippen molar-refractivity contribution in [2.24, 2.45) is 0 Å². The molecule has 2 aromatic carbocycles. The topological polar surface area (TPSA) is 51.8 Å². The van der Waals surface area contributed by atoms with Crippen LogP contribution in [0.3, 0.4) is 0 Å². The Morgan fingerprint density at radius 2 is 1.10 bits per heavy atom. The second kappa shape index (κ2) is 6.65. The van der Waals surface area contributed by atoms with Gasteiger partial charge in [-0.1, -0.05) is 59.9 Å². The van der Waals surface area contributed by atoms with E-state index in [1.165, 1.54) is 0 Å². The molecule has 0 aliphatic carbocycles. The number of nitrogens with zero attached hydrogens (tertiary/aromatic N) is 2. The molecule has 0 aliphatic rings. The van der Waals surface area contributed by atoms with Gasteiger partial charge in [-0.2, -0.15) is 0 Å². The largest absolute Gasteiger partial charge is 0.394 e. The molecule has 1 heterocycles. The van der Waals surface area contributed by atoms with Crippen molar-refractivity contribution >= 4 is 29.2 Å². The molecule has 104 valence electrons. The van der Waals surface area contributed by atoms with E-state index in [9.17, 15) is 0 Å². The van der Waals surface area contributed by atoms with E-state index in [4.69, 9.17) is 5.73 Å². The van der Waals surface area contributed by atoms with E-state index in [0.29, 0.717) is 5.69 Å². The molecule has 0 radical (unpaired) electrons. The lowest BCUT2D eigenvalue weighted by Crippen LogP contribution is -1.97. The fraction of sp³-hybridized carbons (Fsp3) is 0. The minimum absolute atomic E-state index is 0.625. The molecular weight excluding hydrogens is 298 g/mol. The van der Waals surface area contributed by atoms with E-state index in [0.717, 1.165) is 19.8 Å². The molecule has 2 N–H and O–H groups in total. The first-order valence-electron chi connectivity index (χ1n) is 6.39. The number of hydrogen-bond donors (Lipinski definition) is 1. The Kier molecular flexibility index (Phi) is 4.43. The smallest absolute Gasteiger partial charge is 0.128 e. The number of benzene rings is 2. The second-order valence-electron chi connectivity index (χ2n) is 4.23. The van der Waals surface area contributed by atoms with E-state index in [-0.39, 0.29) is 0 Å². The van der Waals surface area contributed by atoms with Gasteiger partial charge in [-0.05, 0) is 24.3 Å². The lowest BCUT2D eigenvalue weighted by molar-refractivity contribution is 0.975. The number of rotatable bonds is 4. The maximum absolute atomic E-state index is 6.21. The van der Waals surface area contributed by atoms with Crippen LogP contribution in [0.2, 0.25) is 0 Å². The molecule has 0 aliphatic heterocycles. The summed E-state index contributed by atoms with van der Waals surface area (Å²) in [7, 11) is 0. The fourth-order valence-electron chi connectivity index (χ4n) is 1.73. The average Bonchev–Trinajstić information content (AvgIpc) is 2.53. The predicted molar refractivity (Wildman–Crippen MR) is 87.6 cm³/mol. The normalized spacial score (nSPS) is 10.5. The molecule has 5 heteroatoms. The fourth-order valence-corrected chi connectivity index (χ4v) is 3.44. The van der Waals surface area contributed by atoms with E-state index in [2.05, 4.69) is 9.97 Å². The average molecular weight is 311 g/mol. The molecule has 0 saturated heterocycles. The first-order valence-corrected chi connectivity index (χ1v) is 8.02. The Hall–Kier alpha value is -1.98. The van der Waals surface area contributed by atoms with E-state index in [1.54, 1.807) is 29.9 Å². The molecule has 3 nitrogen and oxygen atoms in total. The zero-order valence-electron chi connectivity index (χ0n) is 11.1. The summed E-state index contributed by atoms with van der Waals surface area (Å²) in [4.78, 5) is 10.8. The minimum atomic E-state index is 0.625. The highest BCUT2D eigenvalue weighted by Gasteiger charge is 2.10. The van der Waals surface area contributed by atoms with Gasteiger partial charge in [0.1, 0.15) is 16.4 Å². The Balaban J connectivity index is 1.85. The van der Waals surface area contributed by atoms with Gasteiger partial charge in [0, 0.05) is 9.79 Å². The summed E-state index contributed by atoms with van der Waals surface area (Å²) >= 11 is 3.10. The monoisotopic (exact) mass is 311 g/mol. The SMILES string of the molecule is Nc1c(Sc2ccccc2)ncnc1Sc1ccccc1. The van der Waals surface area contributed by atoms with Crippen LogP contribution in [0.25, 0.3) is 0 Å². The van der Waals surface area contributed by atoms with Gasteiger partial charge in [-0.25, -0.2) is 9.97 Å². The molecule has 3 aromatic rings. The first-order chi connectivity index (χ1) is 10.3. The van der Waals surface area contributed by atoms with Crippen molar-refractivity contribution in [1.82, 2.24) is 9.97 Å². The van der Waals surface area contributed by atoms with Crippen molar-refractivity contribution in [3.63, 3.8) is 0 Å². The number of hydrogen-bond acceptors (Lipinski definition) is 5. The van der Waals surface area contributed by atoms with E-state index < -0.39 is 0 Å². The first kappa shape index (κ1) is 14.0. The molecule has 3 rings (SSSR count). The van der Waals surface area contributed by atoms with Crippen LogP contribution in [-0.2, 0) is 0 Å². The van der Waals surface area contributed by atoms with Gasteiger partial charge in [-0.3, -0.25) is 0 Å². The van der Waals surface area contributed by atoms with Crippen molar-refractivity contribution in [2.75, 3.05) is 5.73 Å². The Labute approximate surface area is 132 Å². The quantitative estimate of drug-likeness (QED) is 0.725. The van der Waals surface area contributed by atoms with Crippen LogP contribution in [0.1, 0.15) is 0 Å². The standard InChI is InChI=1S/C16H13N3S2/c17-14-15(20-12-7-3-1-4-8-12)18-11-19-16(14)21-13-9-5-2-6-10-13/h1-11H,17H2. The summed E-state index contributed by atoms with van der Waals surface area (Å²) in [6.45, 7) is 0. The van der Waals surface area contributed by atoms with Crippen molar-refractivity contribution < 1.29 is 0 Å². The van der Waals surface area contributed by atoms with Crippen LogP contribution < -0.4 is 5.73 Å². The van der Waals surface area contributed by atoms with Gasteiger partial charge in [0.15, 0.2) is 0 Å². The van der Waals surface area contributed by atoms with Gasteiger partial charge in [0.2, 0.25) is 0 Å². The molecular formula is C16H13N3S2. The van der Waals surface area contributed by atoms with Crippen molar-refractivity contribution in [1.29, 1.82) is 0 Å². The molecule has 0 atom stereocenters. The molecule has 0 saturated carbocycles. The molecule has 0 bridgehead atoms. The Bertz CT molecular complexity index is 658. The second-order valence-corrected chi connectivity index (χ2v) is 6.35. The molecule has 0 spiro atoms. The third kappa shape index (κ3) is 3.56. The van der Waals surface area contributed by atoms with Gasteiger partial charge >= 0.3 is 0 Å². The number of nitrogens with two attached hydrogens (primary N) is 1. The van der Waals surface area contributed by atoms with Crippen LogP contribution in [0.4, 0.5) is 5.69 Å². The molecule has 1 aromatic heterocycles. The summed E-state index contributed by atoms with van der Waals surface area (Å²) in [6.07, 6.45) is 1.56. The summed E-state index contributed by atoms with van der Waals surface area (Å²) in [6, 6.07) is 20.1. The van der Waals surface area contributed by atoms with Crippen LogP contribution in [0.5, 0.6) is 0 Å². The molecule has 21 heavy (non-hydrogen) atoms. The van der Waals surface area contributed by atoms with Crippen LogP contribution in [-0.4, -0.2) is 9.97 Å². The van der Waals surface area contributed by atoms with Crippen LogP contribution in [0, 0.1) is 0 Å². The van der Waals surface area contributed by atoms with Crippen molar-refractivity contribution in [3.8, 4) is 0 Å². The van der Waals surface area contributed by atoms with Crippen LogP contribution in [0.15, 0.2) is 86.8 Å². The number of aromatic nitrogens is 2. The van der Waals surface area contributed by atoms with Crippen molar-refractivity contribution in [3.05, 3.63) is 67.0 Å². The Morgan fingerprint density at radius 3 is 1.52 bits per heavy atom. The maximum atomic E-state index is 6.21. The molecule has 0 amide bonds. The van der Waals surface area contributed by atoms with E-state index >= 15 is 0 Å². The highest BCUT2D eigenvalue weighted by Crippen LogP contribution is 2.36. The minimum Gasteiger partial charge on any atom is -0.394 e. The third-order valence-electron chi connectivity index (χ3n) is 2.73. The summed E-state index contributed by atoms with van der Waals surface area (Å²) in [5.41, 5.74) is 6.84. The lowest BCUT2D eigenvalue weighted by atomic mass is 10.4. The molecule has 0 unspecified atom stereocenters. The van der Waals surface area contributed by atoms with Crippen LogP contribution >= 0.6 is 23.5 Å².